The van der Waals surface area contributed by atoms with Crippen molar-refractivity contribution in [2.75, 3.05) is 13.7 Å². The molecule has 1 saturated heterocycles. The molecule has 1 amide bonds. The Morgan fingerprint density at radius 1 is 1.38 bits per heavy atom. The molecule has 2 heterocycles. The number of nitrogens with zero attached hydrogens (tertiary/aromatic N) is 2. The first-order valence-electron chi connectivity index (χ1n) is 8.84. The Balaban J connectivity index is 1.83. The lowest BCUT2D eigenvalue weighted by Crippen LogP contribution is -2.33. The van der Waals surface area contributed by atoms with Crippen LogP contribution in [0.5, 0.6) is 11.5 Å². The maximum absolute atomic E-state index is 12.1. The summed E-state index contributed by atoms with van der Waals surface area (Å²) in [6.45, 7) is 4.74. The van der Waals surface area contributed by atoms with Gasteiger partial charge in [-0.15, -0.1) is 0 Å². The zero-order valence-electron chi connectivity index (χ0n) is 15.4. The second-order valence-corrected chi connectivity index (χ2v) is 6.52. The van der Waals surface area contributed by atoms with Crippen molar-refractivity contribution in [3.05, 3.63) is 30.5 Å². The molecule has 1 N–H and O–H groups in total. The molecule has 0 aliphatic carbocycles. The van der Waals surface area contributed by atoms with Crippen molar-refractivity contribution in [3.63, 3.8) is 0 Å². The minimum absolute atomic E-state index is 0.0747. The molecule has 1 aromatic heterocycles. The lowest BCUT2D eigenvalue weighted by Gasteiger charge is -2.17. The van der Waals surface area contributed by atoms with Gasteiger partial charge >= 0.3 is 0 Å². The Labute approximate surface area is 153 Å². The van der Waals surface area contributed by atoms with Crippen molar-refractivity contribution in [1.29, 1.82) is 0 Å². The first kappa shape index (κ1) is 18.3. The highest BCUT2D eigenvalue weighted by Crippen LogP contribution is 2.34. The predicted molar refractivity (Wildman–Crippen MR) is 97.1 cm³/mol. The summed E-state index contributed by atoms with van der Waals surface area (Å²) in [4.78, 5) is 12.1. The van der Waals surface area contributed by atoms with Gasteiger partial charge in [0, 0.05) is 24.2 Å². The molecule has 1 aliphatic heterocycles. The van der Waals surface area contributed by atoms with Crippen LogP contribution in [-0.4, -0.2) is 41.7 Å². The molecule has 7 nitrogen and oxygen atoms in total. The number of nitrogens with one attached hydrogen (secondary N) is 1. The first-order chi connectivity index (χ1) is 12.6. The van der Waals surface area contributed by atoms with Crippen LogP contribution in [0.1, 0.15) is 26.7 Å². The van der Waals surface area contributed by atoms with Crippen molar-refractivity contribution in [1.82, 2.24) is 15.1 Å². The highest BCUT2D eigenvalue weighted by molar-refractivity contribution is 5.77. The molecule has 2 aromatic rings. The zero-order chi connectivity index (χ0) is 18.5. The quantitative estimate of drug-likeness (QED) is 0.822. The summed E-state index contributed by atoms with van der Waals surface area (Å²) in [5, 5.41) is 7.15. The maximum Gasteiger partial charge on any atom is 0.241 e. The summed E-state index contributed by atoms with van der Waals surface area (Å²) in [5.74, 6) is 1.19. The van der Waals surface area contributed by atoms with Gasteiger partial charge in [-0.25, -0.2) is 0 Å². The van der Waals surface area contributed by atoms with E-state index in [9.17, 15) is 4.79 Å². The van der Waals surface area contributed by atoms with Crippen LogP contribution in [0.4, 0.5) is 0 Å². The lowest BCUT2D eigenvalue weighted by molar-refractivity contribution is -0.122. The van der Waals surface area contributed by atoms with Gasteiger partial charge in [-0.1, -0.05) is 0 Å². The topological polar surface area (TPSA) is 74.6 Å². The van der Waals surface area contributed by atoms with Crippen LogP contribution in [0.25, 0.3) is 11.3 Å². The number of carbonyl (C=O) groups is 1. The van der Waals surface area contributed by atoms with E-state index in [0.29, 0.717) is 18.1 Å². The number of benzene rings is 1. The minimum atomic E-state index is -0.249. The fraction of sp³-hybridized carbons (Fsp3) is 0.474. The summed E-state index contributed by atoms with van der Waals surface area (Å²) in [6, 6.07) is 7.64. The van der Waals surface area contributed by atoms with Gasteiger partial charge in [0.15, 0.2) is 17.8 Å². The number of hydrogen-bond acceptors (Lipinski definition) is 5. The number of aromatic nitrogens is 2. The van der Waals surface area contributed by atoms with Crippen molar-refractivity contribution < 1.29 is 19.0 Å². The van der Waals surface area contributed by atoms with Crippen LogP contribution in [-0.2, 0) is 16.1 Å². The minimum Gasteiger partial charge on any atom is -0.493 e. The van der Waals surface area contributed by atoms with Crippen molar-refractivity contribution in [2.24, 2.45) is 0 Å². The third kappa shape index (κ3) is 4.35. The second-order valence-electron chi connectivity index (χ2n) is 6.52. The van der Waals surface area contributed by atoms with E-state index in [0.717, 1.165) is 24.1 Å². The summed E-state index contributed by atoms with van der Waals surface area (Å²) < 4.78 is 18.6. The van der Waals surface area contributed by atoms with E-state index in [1.165, 1.54) is 0 Å². The van der Waals surface area contributed by atoms with E-state index in [4.69, 9.17) is 14.2 Å². The average Bonchev–Trinajstić information content (AvgIpc) is 3.26. The first-order valence-corrected chi connectivity index (χ1v) is 8.84. The zero-order valence-corrected chi connectivity index (χ0v) is 15.4. The lowest BCUT2D eigenvalue weighted by atomic mass is 10.1. The van der Waals surface area contributed by atoms with E-state index in [2.05, 4.69) is 10.4 Å². The third-order valence-corrected chi connectivity index (χ3v) is 4.07. The van der Waals surface area contributed by atoms with Gasteiger partial charge in [-0.3, -0.25) is 9.48 Å². The molecule has 0 bridgehead atoms. The molecule has 1 aliphatic rings. The van der Waals surface area contributed by atoms with Gasteiger partial charge in [0.05, 0.1) is 19.4 Å². The molecule has 140 valence electrons. The van der Waals surface area contributed by atoms with Gasteiger partial charge in [0.25, 0.3) is 0 Å². The van der Waals surface area contributed by atoms with Gasteiger partial charge in [-0.2, -0.15) is 5.10 Å². The molecule has 7 heteroatoms. The van der Waals surface area contributed by atoms with Crippen LogP contribution in [0.15, 0.2) is 30.5 Å². The van der Waals surface area contributed by atoms with Crippen LogP contribution in [0, 0.1) is 0 Å². The largest absolute Gasteiger partial charge is 0.493 e. The second kappa shape index (κ2) is 8.23. The summed E-state index contributed by atoms with van der Waals surface area (Å²) in [6.07, 6.45) is 3.29. The van der Waals surface area contributed by atoms with Crippen LogP contribution >= 0.6 is 0 Å². The fourth-order valence-corrected chi connectivity index (χ4v) is 2.92. The molecule has 1 fully saturated rings. The smallest absolute Gasteiger partial charge is 0.241 e. The Bertz CT molecular complexity index is 751. The number of amides is 1. The summed E-state index contributed by atoms with van der Waals surface area (Å²) >= 11 is 0. The fourth-order valence-electron chi connectivity index (χ4n) is 2.92. The van der Waals surface area contributed by atoms with Gasteiger partial charge in [0.2, 0.25) is 5.91 Å². The molecule has 0 spiro atoms. The van der Waals surface area contributed by atoms with Crippen LogP contribution in [0.2, 0.25) is 0 Å². The van der Waals surface area contributed by atoms with Crippen molar-refractivity contribution in [3.8, 4) is 22.8 Å². The van der Waals surface area contributed by atoms with E-state index in [-0.39, 0.29) is 24.8 Å². The van der Waals surface area contributed by atoms with E-state index in [1.807, 2.05) is 38.1 Å². The molecule has 26 heavy (non-hydrogen) atoms. The van der Waals surface area contributed by atoms with Crippen molar-refractivity contribution in [2.45, 2.75) is 45.6 Å². The highest BCUT2D eigenvalue weighted by atomic mass is 16.7. The molecule has 0 saturated carbocycles. The summed E-state index contributed by atoms with van der Waals surface area (Å²) in [7, 11) is 1.61. The van der Waals surface area contributed by atoms with Gasteiger partial charge < -0.3 is 19.5 Å². The van der Waals surface area contributed by atoms with Gasteiger partial charge in [-0.05, 0) is 44.5 Å². The van der Waals surface area contributed by atoms with E-state index in [1.54, 1.807) is 18.0 Å². The standard InChI is InChI=1S/C19H25N3O4/c1-13(2)21-18(23)12-22-15(8-9-20-22)14-6-7-16(24-3)17(11-14)26-19-5-4-10-25-19/h6-9,11,13,19H,4-5,10,12H2,1-3H3,(H,21,23). The third-order valence-electron chi connectivity index (χ3n) is 4.07. The molecule has 3 rings (SSSR count). The number of rotatable bonds is 7. The van der Waals surface area contributed by atoms with E-state index >= 15 is 0 Å². The SMILES string of the molecule is COc1ccc(-c2ccnn2CC(=O)NC(C)C)cc1OC1CCCO1. The van der Waals surface area contributed by atoms with Crippen LogP contribution in [0.3, 0.4) is 0 Å². The molecule has 0 radical (unpaired) electrons. The number of hydrogen-bond donors (Lipinski definition) is 1. The summed E-state index contributed by atoms with van der Waals surface area (Å²) in [5.41, 5.74) is 1.73. The number of ether oxygens (including phenoxy) is 3. The molecule has 1 atom stereocenters. The highest BCUT2D eigenvalue weighted by Gasteiger charge is 2.20. The van der Waals surface area contributed by atoms with Crippen LogP contribution < -0.4 is 14.8 Å². The number of methoxy groups -OCH3 is 1. The molecular weight excluding hydrogens is 334 g/mol. The van der Waals surface area contributed by atoms with Gasteiger partial charge in [0.1, 0.15) is 6.54 Å². The van der Waals surface area contributed by atoms with Crippen molar-refractivity contribution >= 4 is 5.91 Å². The maximum atomic E-state index is 12.1. The predicted octanol–water partition coefficient (Wildman–Crippen LogP) is 2.60. The monoisotopic (exact) mass is 359 g/mol. The number of carbonyl (C=O) groups excluding carboxylic acids is 1. The average molecular weight is 359 g/mol. The Kier molecular flexibility index (Phi) is 5.78. The Hall–Kier alpha value is -2.54. The molecular formula is C19H25N3O4. The molecule has 1 aromatic carbocycles. The normalized spacial score (nSPS) is 16.7. The Morgan fingerprint density at radius 2 is 2.23 bits per heavy atom. The van der Waals surface area contributed by atoms with E-state index < -0.39 is 0 Å². The Morgan fingerprint density at radius 3 is 2.92 bits per heavy atom. The molecule has 1 unspecified atom stereocenters.